The van der Waals surface area contributed by atoms with Crippen molar-refractivity contribution in [2.45, 2.75) is 10.9 Å². The zero-order chi connectivity index (χ0) is 9.19. The Kier molecular flexibility index (Phi) is 2.89. The molecule has 0 atom stereocenters. The summed E-state index contributed by atoms with van der Waals surface area (Å²) >= 11 is 2.36. The monoisotopic (exact) mass is 208 g/mol. The minimum atomic E-state index is -1.16. The second kappa shape index (κ2) is 3.57. The lowest BCUT2D eigenvalue weighted by Crippen LogP contribution is -2.39. The van der Waals surface area contributed by atoms with Crippen LogP contribution in [0.2, 0.25) is 0 Å². The summed E-state index contributed by atoms with van der Waals surface area (Å²) in [5.74, 6) is -1.06. The molecular weight excluding hydrogens is 200 g/mol. The molecule has 1 rings (SSSR count). The lowest BCUT2D eigenvalue weighted by Gasteiger charge is -2.31. The highest BCUT2D eigenvalue weighted by Crippen LogP contribution is 2.39. The maximum Gasteiger partial charge on any atom is 0.358 e. The number of hydrogen-bond donors (Lipinski definition) is 0. The molecule has 1 heterocycles. The van der Waals surface area contributed by atoms with Crippen LogP contribution in [0.15, 0.2) is 0 Å². The molecule has 1 saturated heterocycles. The maximum absolute atomic E-state index is 10.9. The van der Waals surface area contributed by atoms with Crippen LogP contribution in [0, 0.1) is 0 Å². The summed E-state index contributed by atoms with van der Waals surface area (Å²) < 4.78 is 8.61. The number of thioether (sulfide) groups is 2. The van der Waals surface area contributed by atoms with Crippen molar-refractivity contribution < 1.29 is 19.1 Å². The van der Waals surface area contributed by atoms with Crippen molar-refractivity contribution in [1.29, 1.82) is 0 Å². The van der Waals surface area contributed by atoms with Gasteiger partial charge in [-0.2, -0.15) is 0 Å². The third-order valence-corrected chi connectivity index (χ3v) is 3.60. The quantitative estimate of drug-likeness (QED) is 0.380. The Bertz CT molecular complexity index is 194. The van der Waals surface area contributed by atoms with Crippen LogP contribution >= 0.6 is 23.5 Å². The zero-order valence-corrected chi connectivity index (χ0v) is 8.29. The van der Waals surface area contributed by atoms with Crippen LogP contribution < -0.4 is 0 Å². The first-order valence-corrected chi connectivity index (χ1v) is 5.61. The molecule has 12 heavy (non-hydrogen) atoms. The van der Waals surface area contributed by atoms with E-state index in [4.69, 9.17) is 9.47 Å². The van der Waals surface area contributed by atoms with Gasteiger partial charge < -0.3 is 9.47 Å². The largest absolute Gasteiger partial charge is 0.403 e. The van der Waals surface area contributed by atoms with Crippen LogP contribution in [0.1, 0.15) is 6.42 Å². The smallest absolute Gasteiger partial charge is 0.358 e. The average molecular weight is 208 g/mol. The van der Waals surface area contributed by atoms with Gasteiger partial charge in [0.15, 0.2) is 0 Å². The van der Waals surface area contributed by atoms with Gasteiger partial charge in [0.05, 0.1) is 0 Å². The van der Waals surface area contributed by atoms with Crippen LogP contribution in [0.25, 0.3) is 0 Å². The number of cyclic esters (lactones) is 2. The molecule has 1 aliphatic heterocycles. The van der Waals surface area contributed by atoms with Crippen molar-refractivity contribution in [2.75, 3.05) is 12.5 Å². The number of ether oxygens (including phenoxy) is 2. The van der Waals surface area contributed by atoms with Crippen LogP contribution in [-0.4, -0.2) is 28.9 Å². The fourth-order valence-electron chi connectivity index (χ4n) is 0.740. The number of esters is 2. The lowest BCUT2D eigenvalue weighted by molar-refractivity contribution is -0.193. The van der Waals surface area contributed by atoms with E-state index in [2.05, 4.69) is 0 Å². The number of carbonyl (C=O) groups is 2. The molecule has 1 fully saturated rings. The zero-order valence-electron chi connectivity index (χ0n) is 6.66. The van der Waals surface area contributed by atoms with Crippen molar-refractivity contribution in [3.05, 3.63) is 0 Å². The topological polar surface area (TPSA) is 52.6 Å². The fourth-order valence-corrected chi connectivity index (χ4v) is 2.11. The summed E-state index contributed by atoms with van der Waals surface area (Å²) in [6, 6.07) is 0. The predicted molar refractivity (Wildman–Crippen MR) is 46.6 cm³/mol. The van der Waals surface area contributed by atoms with Gasteiger partial charge in [-0.1, -0.05) is 23.5 Å². The maximum atomic E-state index is 10.9. The molecule has 0 radical (unpaired) electrons. The Morgan fingerprint density at radius 3 is 1.92 bits per heavy atom. The number of hydrogen-bond acceptors (Lipinski definition) is 6. The number of carbonyl (C=O) groups excluding carboxylic acids is 2. The minimum absolute atomic E-state index is 0.289. The van der Waals surface area contributed by atoms with Crippen LogP contribution in [0.3, 0.4) is 0 Å². The van der Waals surface area contributed by atoms with Crippen molar-refractivity contribution in [2.24, 2.45) is 0 Å². The summed E-state index contributed by atoms with van der Waals surface area (Å²) in [7, 11) is 0. The Balaban J connectivity index is 2.76. The van der Waals surface area contributed by atoms with E-state index in [1.807, 2.05) is 0 Å². The Labute approximate surface area is 78.4 Å². The molecule has 1 aliphatic rings. The van der Waals surface area contributed by atoms with Gasteiger partial charge in [0.25, 0.3) is 0 Å². The second-order valence-corrected chi connectivity index (χ2v) is 4.18. The molecular formula is C6H8O4S2. The Morgan fingerprint density at radius 1 is 1.17 bits per heavy atom. The standard InChI is InChI=1S/C6H8O4S2/c1-11-6(12-2)9-4(7)3-5(8)10-6/h3H2,1-2H3. The van der Waals surface area contributed by atoms with Gasteiger partial charge in [-0.15, -0.1) is 0 Å². The van der Waals surface area contributed by atoms with Gasteiger partial charge >= 0.3 is 16.4 Å². The van der Waals surface area contributed by atoms with Gasteiger partial charge in [0.1, 0.15) is 6.42 Å². The van der Waals surface area contributed by atoms with Crippen LogP contribution in [0.4, 0.5) is 0 Å². The summed E-state index contributed by atoms with van der Waals surface area (Å²) in [5.41, 5.74) is 0. The molecule has 0 bridgehead atoms. The summed E-state index contributed by atoms with van der Waals surface area (Å²) in [6.45, 7) is 0. The van der Waals surface area contributed by atoms with E-state index in [0.29, 0.717) is 0 Å². The van der Waals surface area contributed by atoms with Crippen LogP contribution in [-0.2, 0) is 19.1 Å². The third kappa shape index (κ3) is 1.87. The van der Waals surface area contributed by atoms with Crippen molar-refractivity contribution in [3.63, 3.8) is 0 Å². The van der Waals surface area contributed by atoms with Crippen molar-refractivity contribution in [3.8, 4) is 0 Å². The summed E-state index contributed by atoms with van der Waals surface area (Å²) in [4.78, 5) is 21.7. The molecule has 6 heteroatoms. The summed E-state index contributed by atoms with van der Waals surface area (Å²) in [6.07, 6.45) is 3.13. The van der Waals surface area contributed by atoms with E-state index >= 15 is 0 Å². The molecule has 0 aromatic rings. The molecule has 0 unspecified atom stereocenters. The molecule has 0 saturated carbocycles. The first-order valence-electron chi connectivity index (χ1n) is 3.16. The highest BCUT2D eigenvalue weighted by molar-refractivity contribution is 8.17. The van der Waals surface area contributed by atoms with Crippen molar-refractivity contribution in [1.82, 2.24) is 0 Å². The Hall–Kier alpha value is -0.360. The van der Waals surface area contributed by atoms with E-state index in [1.165, 1.54) is 23.5 Å². The van der Waals surface area contributed by atoms with E-state index in [-0.39, 0.29) is 6.42 Å². The molecule has 0 aliphatic carbocycles. The highest BCUT2D eigenvalue weighted by atomic mass is 32.2. The average Bonchev–Trinajstić information content (AvgIpc) is 2.02. The van der Waals surface area contributed by atoms with Crippen molar-refractivity contribution >= 4 is 35.5 Å². The van der Waals surface area contributed by atoms with E-state index < -0.39 is 16.4 Å². The molecule has 0 aromatic carbocycles. The molecule has 0 aromatic heterocycles. The Morgan fingerprint density at radius 2 is 1.58 bits per heavy atom. The molecule has 68 valence electrons. The normalized spacial score (nSPS) is 21.5. The molecule has 0 spiro atoms. The predicted octanol–water partition coefficient (Wildman–Crippen LogP) is 0.814. The molecule has 0 amide bonds. The minimum Gasteiger partial charge on any atom is -0.403 e. The van der Waals surface area contributed by atoms with Gasteiger partial charge in [0.2, 0.25) is 0 Å². The van der Waals surface area contributed by atoms with Gasteiger partial charge in [-0.3, -0.25) is 9.59 Å². The first-order chi connectivity index (χ1) is 5.62. The molecule has 4 nitrogen and oxygen atoms in total. The fraction of sp³-hybridized carbons (Fsp3) is 0.667. The second-order valence-electron chi connectivity index (χ2n) is 2.03. The highest BCUT2D eigenvalue weighted by Gasteiger charge is 2.42. The van der Waals surface area contributed by atoms with E-state index in [9.17, 15) is 9.59 Å². The lowest BCUT2D eigenvalue weighted by atomic mass is 10.4. The summed E-state index contributed by atoms with van der Waals surface area (Å²) in [5, 5.41) is 0. The van der Waals surface area contributed by atoms with Gasteiger partial charge in [0, 0.05) is 0 Å². The SMILES string of the molecule is CSC1(SC)OC(=O)CC(=O)O1. The van der Waals surface area contributed by atoms with E-state index in [0.717, 1.165) is 0 Å². The number of rotatable bonds is 2. The van der Waals surface area contributed by atoms with Crippen LogP contribution in [0.5, 0.6) is 0 Å². The third-order valence-electron chi connectivity index (χ3n) is 1.27. The first kappa shape index (κ1) is 9.73. The van der Waals surface area contributed by atoms with Gasteiger partial charge in [-0.05, 0) is 12.5 Å². The molecule has 0 N–H and O–H groups in total. The van der Waals surface area contributed by atoms with Gasteiger partial charge in [-0.25, -0.2) is 0 Å². The van der Waals surface area contributed by atoms with E-state index in [1.54, 1.807) is 12.5 Å².